The molecule has 4 amide bonds. The Morgan fingerprint density at radius 3 is 2.49 bits per heavy atom. The molecule has 0 bridgehead atoms. The summed E-state index contributed by atoms with van der Waals surface area (Å²) in [4.78, 5) is 56.0. The van der Waals surface area contributed by atoms with Gasteiger partial charge in [0.1, 0.15) is 12.6 Å². The highest BCUT2D eigenvalue weighted by molar-refractivity contribution is 6.07. The number of aromatic nitrogens is 3. The van der Waals surface area contributed by atoms with Crippen molar-refractivity contribution in [3.63, 3.8) is 0 Å². The van der Waals surface area contributed by atoms with Crippen molar-refractivity contribution in [1.29, 1.82) is 0 Å². The SMILES string of the molecule is CC(C)[C@H](NC(=O)CN1C(=O)N[C@H](Cc2c[nH]c3ccccc23)C1=O)C(=O)c1nnc(C(C)(C)c2ccccc2)o1. The zero-order valence-electron chi connectivity index (χ0n) is 23.3. The molecule has 3 heterocycles. The summed E-state index contributed by atoms with van der Waals surface area (Å²) in [5.74, 6) is -2.00. The van der Waals surface area contributed by atoms with Crippen molar-refractivity contribution in [2.45, 2.75) is 51.6 Å². The lowest BCUT2D eigenvalue weighted by molar-refractivity contribution is -0.132. The smallest absolute Gasteiger partial charge is 0.325 e. The molecule has 0 aliphatic carbocycles. The second-order valence-corrected chi connectivity index (χ2v) is 11.0. The van der Waals surface area contributed by atoms with E-state index >= 15 is 0 Å². The van der Waals surface area contributed by atoms with Crippen LogP contribution in [0.15, 0.2) is 65.2 Å². The Labute approximate surface area is 236 Å². The van der Waals surface area contributed by atoms with Crippen LogP contribution in [-0.4, -0.2) is 62.3 Å². The Hall–Kier alpha value is -4.80. The molecule has 2 atom stereocenters. The average Bonchev–Trinajstić information content (AvgIpc) is 3.68. The van der Waals surface area contributed by atoms with Crippen LogP contribution in [-0.2, 0) is 21.4 Å². The Bertz CT molecular complexity index is 1610. The third kappa shape index (κ3) is 5.47. The number of fused-ring (bicyclic) bond motifs is 1. The van der Waals surface area contributed by atoms with Gasteiger partial charge in [0.15, 0.2) is 0 Å². The van der Waals surface area contributed by atoms with Gasteiger partial charge in [0, 0.05) is 23.5 Å². The highest BCUT2D eigenvalue weighted by atomic mass is 16.4. The van der Waals surface area contributed by atoms with Gasteiger partial charge in [-0.3, -0.25) is 19.3 Å². The summed E-state index contributed by atoms with van der Waals surface area (Å²) in [5, 5.41) is 14.3. The molecule has 41 heavy (non-hydrogen) atoms. The minimum absolute atomic E-state index is 0.225. The molecule has 2 aromatic carbocycles. The van der Waals surface area contributed by atoms with Crippen LogP contribution < -0.4 is 10.6 Å². The Balaban J connectivity index is 1.24. The number of imide groups is 1. The number of para-hydroxylation sites is 1. The lowest BCUT2D eigenvalue weighted by atomic mass is 9.85. The molecule has 1 fully saturated rings. The van der Waals surface area contributed by atoms with E-state index in [1.54, 1.807) is 13.8 Å². The maximum Gasteiger partial charge on any atom is 0.325 e. The molecule has 0 radical (unpaired) electrons. The standard InChI is InChI=1S/C30H32N6O5/c1-17(2)24(25(38)26-34-35-28(41-26)30(3,4)19-10-6-5-7-11-19)33-23(37)16-36-27(39)22(32-29(36)40)14-18-15-31-21-13-9-8-12-20(18)21/h5-13,15,17,22,24,31H,14,16H2,1-4H3,(H,32,40)(H,33,37)/t22-,24+/m1/s1. The number of benzene rings is 2. The van der Waals surface area contributed by atoms with Gasteiger partial charge in [-0.05, 0) is 37.0 Å². The number of nitrogens with zero attached hydrogens (tertiary/aromatic N) is 3. The highest BCUT2D eigenvalue weighted by Gasteiger charge is 2.40. The third-order valence-corrected chi connectivity index (χ3v) is 7.44. The molecule has 11 heteroatoms. The first-order chi connectivity index (χ1) is 19.6. The number of H-pyrrole nitrogens is 1. The van der Waals surface area contributed by atoms with E-state index in [0.717, 1.165) is 26.9 Å². The Morgan fingerprint density at radius 1 is 1.05 bits per heavy atom. The number of carbonyl (C=O) groups excluding carboxylic acids is 4. The first kappa shape index (κ1) is 27.8. The summed E-state index contributed by atoms with van der Waals surface area (Å²) in [6.07, 6.45) is 2.08. The fourth-order valence-electron chi connectivity index (χ4n) is 4.97. The predicted molar refractivity (Wildman–Crippen MR) is 150 cm³/mol. The van der Waals surface area contributed by atoms with Gasteiger partial charge in [-0.15, -0.1) is 10.2 Å². The summed E-state index contributed by atoms with van der Waals surface area (Å²) in [7, 11) is 0. The maximum absolute atomic E-state index is 13.3. The van der Waals surface area contributed by atoms with E-state index in [-0.39, 0.29) is 24.1 Å². The highest BCUT2D eigenvalue weighted by Crippen LogP contribution is 2.30. The third-order valence-electron chi connectivity index (χ3n) is 7.44. The number of hydrogen-bond acceptors (Lipinski definition) is 7. The monoisotopic (exact) mass is 556 g/mol. The average molecular weight is 557 g/mol. The van der Waals surface area contributed by atoms with E-state index in [1.807, 2.05) is 74.6 Å². The van der Waals surface area contributed by atoms with Crippen LogP contribution in [0.3, 0.4) is 0 Å². The number of aromatic amines is 1. The molecular weight excluding hydrogens is 524 g/mol. The van der Waals surface area contributed by atoms with Crippen LogP contribution in [0.25, 0.3) is 10.9 Å². The van der Waals surface area contributed by atoms with Crippen LogP contribution in [0.2, 0.25) is 0 Å². The normalized spacial score (nSPS) is 16.3. The van der Waals surface area contributed by atoms with Gasteiger partial charge in [-0.25, -0.2) is 4.79 Å². The molecule has 1 aliphatic rings. The molecule has 212 valence electrons. The van der Waals surface area contributed by atoms with Crippen molar-refractivity contribution >= 4 is 34.5 Å². The van der Waals surface area contributed by atoms with Gasteiger partial charge >= 0.3 is 6.03 Å². The van der Waals surface area contributed by atoms with E-state index in [0.29, 0.717) is 0 Å². The molecule has 5 rings (SSSR count). The first-order valence-corrected chi connectivity index (χ1v) is 13.5. The van der Waals surface area contributed by atoms with Crippen LogP contribution in [0, 0.1) is 5.92 Å². The Morgan fingerprint density at radius 2 is 1.76 bits per heavy atom. The lowest BCUT2D eigenvalue weighted by Crippen LogP contribution is -2.49. The number of urea groups is 1. The fourth-order valence-corrected chi connectivity index (χ4v) is 4.97. The largest absolute Gasteiger partial charge is 0.417 e. The number of nitrogens with one attached hydrogen (secondary N) is 3. The number of amides is 4. The maximum atomic E-state index is 13.3. The quantitative estimate of drug-likeness (QED) is 0.200. The molecule has 1 aliphatic heterocycles. The van der Waals surface area contributed by atoms with E-state index in [4.69, 9.17) is 4.42 Å². The van der Waals surface area contributed by atoms with Crippen molar-refractivity contribution in [2.75, 3.05) is 6.54 Å². The minimum Gasteiger partial charge on any atom is -0.417 e. The van der Waals surface area contributed by atoms with Crippen molar-refractivity contribution < 1.29 is 23.6 Å². The lowest BCUT2D eigenvalue weighted by Gasteiger charge is -2.22. The summed E-state index contributed by atoms with van der Waals surface area (Å²) in [6, 6.07) is 14.8. The van der Waals surface area contributed by atoms with E-state index in [9.17, 15) is 19.2 Å². The van der Waals surface area contributed by atoms with Gasteiger partial charge in [-0.1, -0.05) is 62.4 Å². The van der Waals surface area contributed by atoms with Crippen molar-refractivity contribution in [3.8, 4) is 0 Å². The summed E-state index contributed by atoms with van der Waals surface area (Å²) in [5.41, 5.74) is 2.10. The number of hydrogen-bond donors (Lipinski definition) is 3. The van der Waals surface area contributed by atoms with E-state index < -0.39 is 47.7 Å². The topological polar surface area (TPSA) is 150 Å². The number of carbonyl (C=O) groups is 4. The van der Waals surface area contributed by atoms with Gasteiger partial charge in [-0.2, -0.15) is 0 Å². The summed E-state index contributed by atoms with van der Waals surface area (Å²) < 4.78 is 5.79. The number of ketones is 1. The molecule has 0 unspecified atom stereocenters. The zero-order valence-corrected chi connectivity index (χ0v) is 23.3. The van der Waals surface area contributed by atoms with Crippen molar-refractivity contribution in [3.05, 3.63) is 83.7 Å². The van der Waals surface area contributed by atoms with Crippen molar-refractivity contribution in [2.24, 2.45) is 5.92 Å². The van der Waals surface area contributed by atoms with E-state index in [1.165, 1.54) is 0 Å². The first-order valence-electron chi connectivity index (χ1n) is 13.5. The number of rotatable bonds is 10. The van der Waals surface area contributed by atoms with Gasteiger partial charge in [0.2, 0.25) is 17.6 Å². The summed E-state index contributed by atoms with van der Waals surface area (Å²) in [6.45, 7) is 6.82. The molecular formula is C30H32N6O5. The second-order valence-electron chi connectivity index (χ2n) is 11.0. The molecule has 0 spiro atoms. The van der Waals surface area contributed by atoms with Crippen LogP contribution in [0.5, 0.6) is 0 Å². The minimum atomic E-state index is -1.00. The van der Waals surface area contributed by atoms with Crippen LogP contribution in [0.4, 0.5) is 4.79 Å². The Kier molecular flexibility index (Phi) is 7.44. The number of Topliss-reactive ketones (excluding diaryl/α,β-unsaturated/α-hetero) is 1. The summed E-state index contributed by atoms with van der Waals surface area (Å²) >= 11 is 0. The van der Waals surface area contributed by atoms with Gasteiger partial charge < -0.3 is 20.0 Å². The van der Waals surface area contributed by atoms with E-state index in [2.05, 4.69) is 25.8 Å². The van der Waals surface area contributed by atoms with Crippen LogP contribution >= 0.6 is 0 Å². The molecule has 11 nitrogen and oxygen atoms in total. The van der Waals surface area contributed by atoms with Crippen molar-refractivity contribution in [1.82, 2.24) is 30.7 Å². The zero-order chi connectivity index (χ0) is 29.3. The predicted octanol–water partition coefficient (Wildman–Crippen LogP) is 3.36. The van der Waals surface area contributed by atoms with Gasteiger partial charge in [0.05, 0.1) is 11.5 Å². The molecule has 3 N–H and O–H groups in total. The molecule has 1 saturated heterocycles. The van der Waals surface area contributed by atoms with Gasteiger partial charge in [0.25, 0.3) is 11.8 Å². The van der Waals surface area contributed by atoms with Crippen LogP contribution in [0.1, 0.15) is 55.4 Å². The molecule has 2 aromatic heterocycles. The fraction of sp³-hybridized carbons (Fsp3) is 0.333. The second kappa shape index (κ2) is 11.0. The molecule has 0 saturated carbocycles. The molecule has 4 aromatic rings.